The second-order valence-electron chi connectivity index (χ2n) is 8.83. The first-order chi connectivity index (χ1) is 16.3. The Morgan fingerprint density at radius 2 is 1.74 bits per heavy atom. The highest BCUT2D eigenvalue weighted by molar-refractivity contribution is 6.30. The van der Waals surface area contributed by atoms with E-state index in [1.165, 1.54) is 6.20 Å². The van der Waals surface area contributed by atoms with Crippen LogP contribution in [0.3, 0.4) is 0 Å². The quantitative estimate of drug-likeness (QED) is 0.536. The maximum Gasteiger partial charge on any atom is 0.341 e. The number of aromatic carboxylic acids is 1. The number of benzene rings is 2. The molecule has 1 aromatic heterocycles. The number of fused-ring (bicyclic) bond motifs is 1. The molecular formula is C25H23ClFN3O4. The SMILES string of the molecule is O=C(CN1CCN(c2cc3c(cc2F)c(=O)c(C(=O)O)cn3C2CC2)CC1)c1ccc(Cl)cc1. The van der Waals surface area contributed by atoms with Crippen LogP contribution in [0, 0.1) is 5.82 Å². The Morgan fingerprint density at radius 3 is 2.35 bits per heavy atom. The normalized spacial score (nSPS) is 16.7. The van der Waals surface area contributed by atoms with E-state index in [1.807, 2.05) is 9.80 Å². The Kier molecular flexibility index (Phi) is 5.87. The van der Waals surface area contributed by atoms with Crippen LogP contribution in [0.5, 0.6) is 0 Å². The summed E-state index contributed by atoms with van der Waals surface area (Å²) in [5.74, 6) is -1.86. The van der Waals surface area contributed by atoms with Crippen molar-refractivity contribution in [3.8, 4) is 0 Å². The Balaban J connectivity index is 1.36. The van der Waals surface area contributed by atoms with Gasteiger partial charge in [-0.2, -0.15) is 0 Å². The molecule has 7 nitrogen and oxygen atoms in total. The second-order valence-corrected chi connectivity index (χ2v) is 9.27. The summed E-state index contributed by atoms with van der Waals surface area (Å²) in [6.07, 6.45) is 3.17. The number of ketones is 1. The number of carbonyl (C=O) groups is 2. The van der Waals surface area contributed by atoms with Crippen LogP contribution in [0.15, 0.2) is 47.4 Å². The number of hydrogen-bond donors (Lipinski definition) is 1. The molecule has 2 aromatic carbocycles. The third kappa shape index (κ3) is 4.31. The molecule has 1 N–H and O–H groups in total. The molecule has 0 amide bonds. The average molecular weight is 484 g/mol. The van der Waals surface area contributed by atoms with Gasteiger partial charge in [0.05, 0.1) is 17.7 Å². The molecule has 0 atom stereocenters. The zero-order valence-electron chi connectivity index (χ0n) is 18.3. The van der Waals surface area contributed by atoms with Gasteiger partial charge in [0.1, 0.15) is 11.4 Å². The molecule has 34 heavy (non-hydrogen) atoms. The third-order valence-corrected chi connectivity index (χ3v) is 6.77. The summed E-state index contributed by atoms with van der Waals surface area (Å²) in [6.45, 7) is 2.50. The molecule has 1 saturated heterocycles. The van der Waals surface area contributed by atoms with E-state index in [0.29, 0.717) is 48.0 Å². The van der Waals surface area contributed by atoms with Crippen LogP contribution >= 0.6 is 11.6 Å². The van der Waals surface area contributed by atoms with Crippen LogP contribution in [0.2, 0.25) is 5.02 Å². The number of aromatic nitrogens is 1. The van der Waals surface area contributed by atoms with E-state index in [1.54, 1.807) is 34.9 Å². The Bertz CT molecular complexity index is 1340. The predicted molar refractivity (Wildman–Crippen MR) is 128 cm³/mol. The third-order valence-electron chi connectivity index (χ3n) is 6.52. The Hall–Kier alpha value is -3.23. The van der Waals surface area contributed by atoms with Gasteiger partial charge in [-0.3, -0.25) is 14.5 Å². The first-order valence-corrected chi connectivity index (χ1v) is 11.6. The van der Waals surface area contributed by atoms with Gasteiger partial charge in [-0.15, -0.1) is 0 Å². The van der Waals surface area contributed by atoms with Gasteiger partial charge in [0.15, 0.2) is 5.78 Å². The number of rotatable bonds is 6. The Labute approximate surface area is 200 Å². The van der Waals surface area contributed by atoms with Gasteiger partial charge in [0, 0.05) is 54.4 Å². The van der Waals surface area contributed by atoms with E-state index in [-0.39, 0.29) is 29.3 Å². The van der Waals surface area contributed by atoms with Crippen molar-refractivity contribution in [1.29, 1.82) is 0 Å². The molecule has 0 unspecified atom stereocenters. The average Bonchev–Trinajstić information content (AvgIpc) is 3.65. The standard InChI is InChI=1S/C25H23ClFN3O4/c26-16-3-1-15(2-4-16)23(31)14-28-7-9-29(10-8-28)22-12-21-18(11-20(22)27)24(32)19(25(33)34)13-30(21)17-5-6-17/h1-4,11-13,17H,5-10,14H2,(H,33,34). The van der Waals surface area contributed by atoms with Crippen LogP contribution in [-0.2, 0) is 0 Å². The molecule has 2 fully saturated rings. The number of carboxylic acid groups (broad SMARTS) is 1. The molecule has 0 spiro atoms. The van der Waals surface area contributed by atoms with E-state index in [0.717, 1.165) is 18.9 Å². The number of anilines is 1. The fourth-order valence-corrected chi connectivity index (χ4v) is 4.61. The second kappa shape index (κ2) is 8.85. The molecule has 2 aliphatic rings. The van der Waals surface area contributed by atoms with Crippen molar-refractivity contribution in [3.63, 3.8) is 0 Å². The lowest BCUT2D eigenvalue weighted by Crippen LogP contribution is -2.48. The smallest absolute Gasteiger partial charge is 0.341 e. The number of carboxylic acids is 1. The van der Waals surface area contributed by atoms with E-state index >= 15 is 4.39 Å². The van der Waals surface area contributed by atoms with Crippen molar-refractivity contribution in [1.82, 2.24) is 9.47 Å². The summed E-state index contributed by atoms with van der Waals surface area (Å²) < 4.78 is 16.9. The summed E-state index contributed by atoms with van der Waals surface area (Å²) in [5.41, 5.74) is 0.523. The van der Waals surface area contributed by atoms with Crippen molar-refractivity contribution in [2.24, 2.45) is 0 Å². The molecular weight excluding hydrogens is 461 g/mol. The molecule has 3 aromatic rings. The maximum atomic E-state index is 15.1. The van der Waals surface area contributed by atoms with Crippen LogP contribution in [0.25, 0.3) is 10.9 Å². The van der Waals surface area contributed by atoms with Gasteiger partial charge in [-0.05, 0) is 49.2 Å². The van der Waals surface area contributed by atoms with Crippen molar-refractivity contribution in [3.05, 3.63) is 74.8 Å². The number of carbonyl (C=O) groups excluding carboxylic acids is 1. The lowest BCUT2D eigenvalue weighted by atomic mass is 10.1. The summed E-state index contributed by atoms with van der Waals surface area (Å²) in [4.78, 5) is 40.7. The monoisotopic (exact) mass is 483 g/mol. The lowest BCUT2D eigenvalue weighted by Gasteiger charge is -2.36. The molecule has 2 heterocycles. The highest BCUT2D eigenvalue weighted by Crippen LogP contribution is 2.38. The molecule has 5 rings (SSSR count). The minimum atomic E-state index is -1.31. The van der Waals surface area contributed by atoms with Crippen molar-refractivity contribution >= 4 is 39.9 Å². The van der Waals surface area contributed by atoms with Crippen molar-refractivity contribution < 1.29 is 19.1 Å². The first kappa shape index (κ1) is 22.6. The van der Waals surface area contributed by atoms with E-state index in [9.17, 15) is 19.5 Å². The fraction of sp³-hybridized carbons (Fsp3) is 0.320. The number of piperazine rings is 1. The highest BCUT2D eigenvalue weighted by Gasteiger charge is 2.28. The lowest BCUT2D eigenvalue weighted by molar-refractivity contribution is 0.0694. The van der Waals surface area contributed by atoms with Crippen LogP contribution < -0.4 is 10.3 Å². The number of nitrogens with zero attached hydrogens (tertiary/aromatic N) is 3. The number of pyridine rings is 1. The molecule has 176 valence electrons. The summed E-state index contributed by atoms with van der Waals surface area (Å²) >= 11 is 5.89. The summed E-state index contributed by atoms with van der Waals surface area (Å²) in [6, 6.07) is 9.74. The van der Waals surface area contributed by atoms with Gasteiger partial charge in [0.25, 0.3) is 0 Å². The number of Topliss-reactive ketones (excluding diaryl/α,β-unsaturated/α-hetero) is 1. The topological polar surface area (TPSA) is 82.8 Å². The van der Waals surface area contributed by atoms with Crippen LogP contribution in [0.4, 0.5) is 10.1 Å². The summed E-state index contributed by atoms with van der Waals surface area (Å²) in [5, 5.41) is 10.1. The number of hydrogen-bond acceptors (Lipinski definition) is 5. The molecule has 0 bridgehead atoms. The van der Waals surface area contributed by atoms with E-state index < -0.39 is 17.2 Å². The van der Waals surface area contributed by atoms with Crippen LogP contribution in [0.1, 0.15) is 39.6 Å². The minimum absolute atomic E-state index is 0.00434. The highest BCUT2D eigenvalue weighted by atomic mass is 35.5. The number of halogens is 2. The van der Waals surface area contributed by atoms with Gasteiger partial charge in [-0.1, -0.05) is 11.6 Å². The van der Waals surface area contributed by atoms with Gasteiger partial charge in [-0.25, -0.2) is 9.18 Å². The largest absolute Gasteiger partial charge is 0.477 e. The van der Waals surface area contributed by atoms with E-state index in [4.69, 9.17) is 11.6 Å². The predicted octanol–water partition coefficient (Wildman–Crippen LogP) is 3.83. The van der Waals surface area contributed by atoms with Gasteiger partial charge >= 0.3 is 5.97 Å². The van der Waals surface area contributed by atoms with Gasteiger partial charge in [0.2, 0.25) is 5.43 Å². The summed E-state index contributed by atoms with van der Waals surface area (Å²) in [7, 11) is 0. The molecule has 1 saturated carbocycles. The maximum absolute atomic E-state index is 15.1. The zero-order valence-corrected chi connectivity index (χ0v) is 19.1. The zero-order chi connectivity index (χ0) is 24.0. The molecule has 1 aliphatic heterocycles. The minimum Gasteiger partial charge on any atom is -0.477 e. The van der Waals surface area contributed by atoms with Gasteiger partial charge < -0.3 is 14.6 Å². The van der Waals surface area contributed by atoms with Crippen LogP contribution in [-0.4, -0.2) is 59.0 Å². The van der Waals surface area contributed by atoms with Crippen molar-refractivity contribution in [2.75, 3.05) is 37.6 Å². The van der Waals surface area contributed by atoms with Crippen molar-refractivity contribution in [2.45, 2.75) is 18.9 Å². The molecule has 9 heteroatoms. The Morgan fingerprint density at radius 1 is 1.06 bits per heavy atom. The first-order valence-electron chi connectivity index (χ1n) is 11.2. The molecule has 1 aliphatic carbocycles. The molecule has 0 radical (unpaired) electrons. The van der Waals surface area contributed by atoms with E-state index in [2.05, 4.69) is 0 Å². The fourth-order valence-electron chi connectivity index (χ4n) is 4.49.